The van der Waals surface area contributed by atoms with Crippen LogP contribution in [0.1, 0.15) is 22.7 Å². The van der Waals surface area contributed by atoms with Crippen molar-refractivity contribution >= 4 is 5.91 Å². The number of aromatic nitrogens is 2. The molecule has 1 fully saturated rings. The zero-order chi connectivity index (χ0) is 17.3. The summed E-state index contributed by atoms with van der Waals surface area (Å²) >= 11 is 0. The fourth-order valence-corrected chi connectivity index (χ4v) is 2.53. The number of likely N-dealkylation sites (tertiary alicyclic amines) is 1. The standard InChI is InChI=1S/C15H14F3N3O3/c1-23-11-5-6-21(8-11)13(22)10-4-2-3-9(7-10)12-19-14(24-20-12)15(16,17)18/h2-4,7,11H,5-6,8H2,1H3/t11-/m1/s1. The van der Waals surface area contributed by atoms with Crippen LogP contribution in [0.5, 0.6) is 0 Å². The minimum absolute atomic E-state index is 0.00341. The summed E-state index contributed by atoms with van der Waals surface area (Å²) in [4.78, 5) is 17.5. The highest BCUT2D eigenvalue weighted by molar-refractivity contribution is 5.95. The molecule has 2 heterocycles. The molecule has 3 rings (SSSR count). The van der Waals surface area contributed by atoms with Gasteiger partial charge in [0.2, 0.25) is 5.82 Å². The number of hydrogen-bond donors (Lipinski definition) is 0. The molecule has 2 aromatic rings. The van der Waals surface area contributed by atoms with Gasteiger partial charge in [0.05, 0.1) is 6.10 Å². The average molecular weight is 341 g/mol. The molecule has 1 aliphatic rings. The van der Waals surface area contributed by atoms with Crippen LogP contribution in [0.3, 0.4) is 0 Å². The predicted molar refractivity (Wildman–Crippen MR) is 76.1 cm³/mol. The van der Waals surface area contributed by atoms with Crippen molar-refractivity contribution in [3.8, 4) is 11.4 Å². The highest BCUT2D eigenvalue weighted by atomic mass is 19.4. The van der Waals surface area contributed by atoms with E-state index in [4.69, 9.17) is 4.74 Å². The van der Waals surface area contributed by atoms with Crippen LogP contribution in [0, 0.1) is 0 Å². The van der Waals surface area contributed by atoms with Crippen LogP contribution >= 0.6 is 0 Å². The predicted octanol–water partition coefficient (Wildman–Crippen LogP) is 2.62. The Morgan fingerprint density at radius 2 is 2.21 bits per heavy atom. The van der Waals surface area contributed by atoms with E-state index in [1.54, 1.807) is 24.1 Å². The number of hydrogen-bond acceptors (Lipinski definition) is 5. The Kier molecular flexibility index (Phi) is 4.27. The number of carbonyl (C=O) groups excluding carboxylic acids is 1. The van der Waals surface area contributed by atoms with E-state index in [1.807, 2.05) is 0 Å². The van der Waals surface area contributed by atoms with Gasteiger partial charge >= 0.3 is 12.1 Å². The van der Waals surface area contributed by atoms with E-state index in [-0.39, 0.29) is 23.4 Å². The highest BCUT2D eigenvalue weighted by Crippen LogP contribution is 2.29. The number of rotatable bonds is 3. The summed E-state index contributed by atoms with van der Waals surface area (Å²) in [6, 6.07) is 6.13. The van der Waals surface area contributed by atoms with Crippen LogP contribution in [0.15, 0.2) is 28.8 Å². The Bertz CT molecular complexity index is 745. The van der Waals surface area contributed by atoms with Gasteiger partial charge in [-0.15, -0.1) is 0 Å². The molecule has 9 heteroatoms. The van der Waals surface area contributed by atoms with Gasteiger partial charge in [-0.2, -0.15) is 18.2 Å². The lowest BCUT2D eigenvalue weighted by Crippen LogP contribution is -2.29. The van der Waals surface area contributed by atoms with Crippen molar-refractivity contribution in [3.05, 3.63) is 35.7 Å². The molecule has 1 saturated heterocycles. The van der Waals surface area contributed by atoms with Crippen LogP contribution in [0.25, 0.3) is 11.4 Å². The van der Waals surface area contributed by atoms with Crippen LogP contribution in [0.2, 0.25) is 0 Å². The van der Waals surface area contributed by atoms with E-state index in [9.17, 15) is 18.0 Å². The Balaban J connectivity index is 1.82. The van der Waals surface area contributed by atoms with Crippen molar-refractivity contribution in [2.75, 3.05) is 20.2 Å². The maximum atomic E-state index is 12.5. The topological polar surface area (TPSA) is 68.5 Å². The summed E-state index contributed by atoms with van der Waals surface area (Å²) in [7, 11) is 1.59. The second-order valence-electron chi connectivity index (χ2n) is 5.40. The summed E-state index contributed by atoms with van der Waals surface area (Å²) in [6.45, 7) is 1.06. The van der Waals surface area contributed by atoms with Gasteiger partial charge in [-0.05, 0) is 18.6 Å². The number of alkyl halides is 3. The molecule has 24 heavy (non-hydrogen) atoms. The summed E-state index contributed by atoms with van der Waals surface area (Å²) in [5, 5.41) is 3.33. The smallest absolute Gasteiger partial charge is 0.380 e. The first-order chi connectivity index (χ1) is 11.4. The molecule has 1 aromatic heterocycles. The molecular weight excluding hydrogens is 327 g/mol. The summed E-state index contributed by atoms with van der Waals surface area (Å²) < 4.78 is 47.0. The van der Waals surface area contributed by atoms with Crippen LogP contribution in [-0.4, -0.2) is 47.3 Å². The minimum Gasteiger partial charge on any atom is -0.380 e. The first-order valence-electron chi connectivity index (χ1n) is 7.22. The van der Waals surface area contributed by atoms with Gasteiger partial charge in [-0.3, -0.25) is 4.79 Å². The van der Waals surface area contributed by atoms with Crippen molar-refractivity contribution in [1.82, 2.24) is 15.0 Å². The highest BCUT2D eigenvalue weighted by Gasteiger charge is 2.38. The zero-order valence-electron chi connectivity index (χ0n) is 12.7. The molecule has 0 unspecified atom stereocenters. The molecule has 0 aliphatic carbocycles. The number of methoxy groups -OCH3 is 1. The Morgan fingerprint density at radius 1 is 1.42 bits per heavy atom. The Hall–Kier alpha value is -2.42. The zero-order valence-corrected chi connectivity index (χ0v) is 12.7. The monoisotopic (exact) mass is 341 g/mol. The molecule has 0 spiro atoms. The van der Waals surface area contributed by atoms with E-state index in [2.05, 4.69) is 14.7 Å². The second-order valence-corrected chi connectivity index (χ2v) is 5.40. The molecule has 0 saturated carbocycles. The van der Waals surface area contributed by atoms with E-state index in [0.29, 0.717) is 18.7 Å². The lowest BCUT2D eigenvalue weighted by atomic mass is 10.1. The maximum absolute atomic E-state index is 12.5. The van der Waals surface area contributed by atoms with E-state index in [0.717, 1.165) is 6.42 Å². The SMILES string of the molecule is CO[C@@H]1CCN(C(=O)c2cccc(-c3noc(C(F)(F)F)n3)c2)C1. The van der Waals surface area contributed by atoms with Gasteiger partial charge in [-0.1, -0.05) is 17.3 Å². The third-order valence-corrected chi connectivity index (χ3v) is 3.80. The Labute approximate surface area is 135 Å². The lowest BCUT2D eigenvalue weighted by Gasteiger charge is -2.16. The molecule has 0 radical (unpaired) electrons. The van der Waals surface area contributed by atoms with Crippen LogP contribution in [0.4, 0.5) is 13.2 Å². The number of benzene rings is 1. The number of carbonyl (C=O) groups is 1. The second kappa shape index (κ2) is 6.23. The third-order valence-electron chi connectivity index (χ3n) is 3.80. The largest absolute Gasteiger partial charge is 0.471 e. The first-order valence-corrected chi connectivity index (χ1v) is 7.22. The molecular formula is C15H14F3N3O3. The Morgan fingerprint density at radius 3 is 2.83 bits per heavy atom. The van der Waals surface area contributed by atoms with Gasteiger partial charge in [0.1, 0.15) is 0 Å². The van der Waals surface area contributed by atoms with Crippen molar-refractivity contribution in [3.63, 3.8) is 0 Å². The van der Waals surface area contributed by atoms with Crippen LogP contribution < -0.4 is 0 Å². The molecule has 0 bridgehead atoms. The number of halogens is 3. The van der Waals surface area contributed by atoms with Crippen LogP contribution in [-0.2, 0) is 10.9 Å². The van der Waals surface area contributed by atoms with E-state index < -0.39 is 12.1 Å². The fraction of sp³-hybridized carbons (Fsp3) is 0.400. The first kappa shape index (κ1) is 16.4. The molecule has 1 aliphatic heterocycles. The summed E-state index contributed by atoms with van der Waals surface area (Å²) in [6.07, 6.45) is -3.95. The van der Waals surface area contributed by atoms with Crippen molar-refractivity contribution < 1.29 is 27.2 Å². The van der Waals surface area contributed by atoms with E-state index in [1.165, 1.54) is 12.1 Å². The molecule has 128 valence electrons. The number of nitrogens with zero attached hydrogens (tertiary/aromatic N) is 3. The maximum Gasteiger partial charge on any atom is 0.471 e. The fourth-order valence-electron chi connectivity index (χ4n) is 2.53. The molecule has 0 N–H and O–H groups in total. The van der Waals surface area contributed by atoms with Crippen molar-refractivity contribution in [2.45, 2.75) is 18.7 Å². The average Bonchev–Trinajstić information content (AvgIpc) is 3.23. The van der Waals surface area contributed by atoms with Gasteiger partial charge in [0.15, 0.2) is 0 Å². The molecule has 1 atom stereocenters. The summed E-state index contributed by atoms with van der Waals surface area (Å²) in [5.41, 5.74) is 0.630. The van der Waals surface area contributed by atoms with Gasteiger partial charge < -0.3 is 14.2 Å². The third kappa shape index (κ3) is 3.25. The van der Waals surface area contributed by atoms with Crippen molar-refractivity contribution in [2.24, 2.45) is 0 Å². The number of amides is 1. The van der Waals surface area contributed by atoms with Gasteiger partial charge in [0, 0.05) is 31.3 Å². The molecule has 1 aromatic carbocycles. The van der Waals surface area contributed by atoms with Gasteiger partial charge in [-0.25, -0.2) is 0 Å². The minimum atomic E-state index is -4.70. The molecule has 6 nitrogen and oxygen atoms in total. The number of ether oxygens (including phenoxy) is 1. The normalized spacial score (nSPS) is 18.2. The van der Waals surface area contributed by atoms with E-state index >= 15 is 0 Å². The lowest BCUT2D eigenvalue weighted by molar-refractivity contribution is -0.159. The van der Waals surface area contributed by atoms with Gasteiger partial charge in [0.25, 0.3) is 5.91 Å². The van der Waals surface area contributed by atoms with Crippen molar-refractivity contribution in [1.29, 1.82) is 0 Å². The molecule has 1 amide bonds. The summed E-state index contributed by atoms with van der Waals surface area (Å²) in [5.74, 6) is -1.85. The quantitative estimate of drug-likeness (QED) is 0.858.